The Hall–Kier alpha value is -0.120. The molecular weight excluding hydrogens is 212 g/mol. The molecule has 0 bridgehead atoms. The summed E-state index contributed by atoms with van der Waals surface area (Å²) in [5, 5.41) is 0. The maximum atomic E-state index is 5.96. The highest BCUT2D eigenvalue weighted by Crippen LogP contribution is 2.20. The van der Waals surface area contributed by atoms with Gasteiger partial charge in [0.25, 0.3) is 0 Å². The zero-order valence-electron chi connectivity index (χ0n) is 11.2. The van der Waals surface area contributed by atoms with Gasteiger partial charge in [0.1, 0.15) is 0 Å². The molecule has 100 valence electrons. The first-order valence-corrected chi connectivity index (χ1v) is 7.33. The van der Waals surface area contributed by atoms with Gasteiger partial charge in [-0.3, -0.25) is 0 Å². The molecule has 1 aliphatic carbocycles. The van der Waals surface area contributed by atoms with Crippen LogP contribution in [0.3, 0.4) is 0 Å². The predicted molar refractivity (Wildman–Crippen MR) is 71.0 cm³/mol. The van der Waals surface area contributed by atoms with E-state index in [-0.39, 0.29) is 0 Å². The maximum absolute atomic E-state index is 5.96. The second kappa shape index (κ2) is 6.72. The lowest BCUT2D eigenvalue weighted by molar-refractivity contribution is 0.00967. The minimum absolute atomic E-state index is 0.429. The lowest BCUT2D eigenvalue weighted by Gasteiger charge is -2.31. The van der Waals surface area contributed by atoms with E-state index in [2.05, 4.69) is 11.8 Å². The van der Waals surface area contributed by atoms with Crippen molar-refractivity contribution in [1.82, 2.24) is 4.90 Å². The first kappa shape index (κ1) is 13.3. The lowest BCUT2D eigenvalue weighted by Crippen LogP contribution is -2.37. The molecule has 17 heavy (non-hydrogen) atoms. The Labute approximate surface area is 106 Å². The summed E-state index contributed by atoms with van der Waals surface area (Å²) in [5.41, 5.74) is 5.89. The molecule has 3 heteroatoms. The third kappa shape index (κ3) is 4.57. The Morgan fingerprint density at radius 2 is 1.71 bits per heavy atom. The van der Waals surface area contributed by atoms with Gasteiger partial charge in [0.15, 0.2) is 0 Å². The molecule has 0 aromatic rings. The monoisotopic (exact) mass is 240 g/mol. The first-order chi connectivity index (χ1) is 8.24. The van der Waals surface area contributed by atoms with Crippen molar-refractivity contribution in [3.8, 4) is 0 Å². The normalized spacial score (nSPS) is 32.8. The van der Waals surface area contributed by atoms with Crippen molar-refractivity contribution in [2.45, 2.75) is 57.6 Å². The Kier molecular flexibility index (Phi) is 5.26. The maximum Gasteiger partial charge on any atom is 0.0597 e. The average molecular weight is 240 g/mol. The number of hydrogen-bond acceptors (Lipinski definition) is 3. The largest absolute Gasteiger partial charge is 0.377 e. The van der Waals surface area contributed by atoms with E-state index in [1.54, 1.807) is 0 Å². The Balaban J connectivity index is 1.54. The Bertz CT molecular complexity index is 184. The number of rotatable bonds is 4. The number of ether oxygens (including phenoxy) is 1. The van der Waals surface area contributed by atoms with Crippen molar-refractivity contribution in [3.63, 3.8) is 0 Å². The number of hydrogen-bond donors (Lipinski definition) is 1. The molecule has 1 heterocycles. The summed E-state index contributed by atoms with van der Waals surface area (Å²) in [4.78, 5) is 2.55. The fourth-order valence-electron chi connectivity index (χ4n) is 2.89. The number of likely N-dealkylation sites (tertiary alicyclic amines) is 1. The molecule has 1 saturated carbocycles. The van der Waals surface area contributed by atoms with Crippen molar-refractivity contribution in [2.75, 3.05) is 26.2 Å². The molecule has 0 spiro atoms. The zero-order chi connectivity index (χ0) is 12.1. The lowest BCUT2D eigenvalue weighted by atomic mass is 9.94. The molecule has 2 N–H and O–H groups in total. The van der Waals surface area contributed by atoms with Crippen molar-refractivity contribution in [2.24, 2.45) is 11.7 Å². The van der Waals surface area contributed by atoms with Crippen LogP contribution in [0.1, 0.15) is 45.4 Å². The van der Waals surface area contributed by atoms with Crippen LogP contribution < -0.4 is 5.73 Å². The average Bonchev–Trinajstić information content (AvgIpc) is 2.34. The smallest absolute Gasteiger partial charge is 0.0597 e. The van der Waals surface area contributed by atoms with E-state index in [9.17, 15) is 0 Å². The summed E-state index contributed by atoms with van der Waals surface area (Å²) in [6, 6.07) is 0.429. The quantitative estimate of drug-likeness (QED) is 0.817. The van der Waals surface area contributed by atoms with Gasteiger partial charge in [0.2, 0.25) is 0 Å². The van der Waals surface area contributed by atoms with Crippen molar-refractivity contribution in [3.05, 3.63) is 0 Å². The summed E-state index contributed by atoms with van der Waals surface area (Å²) in [6.07, 6.45) is 7.82. The summed E-state index contributed by atoms with van der Waals surface area (Å²) in [5.74, 6) is 0.923. The van der Waals surface area contributed by atoms with E-state index in [0.717, 1.165) is 44.8 Å². The van der Waals surface area contributed by atoms with Crippen molar-refractivity contribution < 1.29 is 4.74 Å². The second-order valence-electron chi connectivity index (χ2n) is 5.93. The SMILES string of the molecule is CC1CCN(CCOC2CCC(N)CC2)CC1. The van der Waals surface area contributed by atoms with E-state index in [1.165, 1.54) is 25.9 Å². The zero-order valence-corrected chi connectivity index (χ0v) is 11.2. The molecule has 0 aromatic heterocycles. The van der Waals surface area contributed by atoms with E-state index < -0.39 is 0 Å². The Morgan fingerprint density at radius 1 is 1.06 bits per heavy atom. The van der Waals surface area contributed by atoms with Crippen LogP contribution in [-0.2, 0) is 4.74 Å². The van der Waals surface area contributed by atoms with E-state index in [4.69, 9.17) is 10.5 Å². The van der Waals surface area contributed by atoms with Gasteiger partial charge in [-0.25, -0.2) is 0 Å². The van der Waals surface area contributed by atoms with Gasteiger partial charge >= 0.3 is 0 Å². The highest BCUT2D eigenvalue weighted by molar-refractivity contribution is 4.75. The molecule has 0 aromatic carbocycles. The summed E-state index contributed by atoms with van der Waals surface area (Å²) < 4.78 is 5.96. The topological polar surface area (TPSA) is 38.5 Å². The molecule has 1 saturated heterocycles. The molecule has 2 fully saturated rings. The molecule has 2 rings (SSSR count). The molecule has 0 unspecified atom stereocenters. The van der Waals surface area contributed by atoms with Crippen LogP contribution in [0.2, 0.25) is 0 Å². The predicted octanol–water partition coefficient (Wildman–Crippen LogP) is 2.00. The third-order valence-electron chi connectivity index (χ3n) is 4.36. The number of nitrogens with zero attached hydrogens (tertiary/aromatic N) is 1. The molecular formula is C14H28N2O. The Morgan fingerprint density at radius 3 is 2.35 bits per heavy atom. The minimum atomic E-state index is 0.429. The van der Waals surface area contributed by atoms with Crippen LogP contribution in [-0.4, -0.2) is 43.3 Å². The molecule has 0 radical (unpaired) electrons. The summed E-state index contributed by atoms with van der Waals surface area (Å²) in [7, 11) is 0. The fourth-order valence-corrected chi connectivity index (χ4v) is 2.89. The van der Waals surface area contributed by atoms with E-state index >= 15 is 0 Å². The highest BCUT2D eigenvalue weighted by Gasteiger charge is 2.20. The van der Waals surface area contributed by atoms with Gasteiger partial charge in [-0.1, -0.05) is 6.92 Å². The van der Waals surface area contributed by atoms with Crippen molar-refractivity contribution in [1.29, 1.82) is 0 Å². The van der Waals surface area contributed by atoms with Crippen LogP contribution in [0.4, 0.5) is 0 Å². The van der Waals surface area contributed by atoms with Crippen LogP contribution in [0.5, 0.6) is 0 Å². The number of nitrogens with two attached hydrogens (primary N) is 1. The van der Waals surface area contributed by atoms with Crippen LogP contribution in [0, 0.1) is 5.92 Å². The number of piperidine rings is 1. The highest BCUT2D eigenvalue weighted by atomic mass is 16.5. The summed E-state index contributed by atoms with van der Waals surface area (Å²) >= 11 is 0. The minimum Gasteiger partial charge on any atom is -0.377 e. The van der Waals surface area contributed by atoms with Gasteiger partial charge in [-0.05, 0) is 57.5 Å². The van der Waals surface area contributed by atoms with Crippen molar-refractivity contribution >= 4 is 0 Å². The van der Waals surface area contributed by atoms with E-state index in [0.29, 0.717) is 12.1 Å². The second-order valence-corrected chi connectivity index (χ2v) is 5.93. The van der Waals surface area contributed by atoms with Gasteiger partial charge in [-0.2, -0.15) is 0 Å². The molecule has 0 amide bonds. The van der Waals surface area contributed by atoms with E-state index in [1.807, 2.05) is 0 Å². The van der Waals surface area contributed by atoms with Crippen LogP contribution in [0.15, 0.2) is 0 Å². The fraction of sp³-hybridized carbons (Fsp3) is 1.00. The summed E-state index contributed by atoms with van der Waals surface area (Å²) in [6.45, 7) is 6.92. The van der Waals surface area contributed by atoms with Gasteiger partial charge < -0.3 is 15.4 Å². The van der Waals surface area contributed by atoms with Gasteiger partial charge in [0.05, 0.1) is 12.7 Å². The molecule has 2 aliphatic rings. The van der Waals surface area contributed by atoms with Crippen LogP contribution in [0.25, 0.3) is 0 Å². The first-order valence-electron chi connectivity index (χ1n) is 7.33. The molecule has 3 nitrogen and oxygen atoms in total. The third-order valence-corrected chi connectivity index (χ3v) is 4.36. The van der Waals surface area contributed by atoms with Gasteiger partial charge in [-0.15, -0.1) is 0 Å². The molecule has 0 atom stereocenters. The standard InChI is InChI=1S/C14H28N2O/c1-12-6-8-16(9-7-12)10-11-17-14-4-2-13(15)3-5-14/h12-14H,2-11,15H2,1H3. The van der Waals surface area contributed by atoms with Gasteiger partial charge in [0, 0.05) is 12.6 Å². The molecule has 1 aliphatic heterocycles. The van der Waals surface area contributed by atoms with Crippen LogP contribution >= 0.6 is 0 Å².